The van der Waals surface area contributed by atoms with Crippen LogP contribution in [0.3, 0.4) is 0 Å². The van der Waals surface area contributed by atoms with E-state index >= 15 is 0 Å². The Hall–Kier alpha value is -1.10. The Morgan fingerprint density at radius 1 is 1.16 bits per heavy atom. The monoisotopic (exact) mass is 265 g/mol. The van der Waals surface area contributed by atoms with Crippen LogP contribution >= 0.6 is 0 Å². The van der Waals surface area contributed by atoms with Gasteiger partial charge in [0.05, 0.1) is 19.8 Å². The van der Waals surface area contributed by atoms with E-state index in [1.165, 1.54) is 0 Å². The highest BCUT2D eigenvalue weighted by Crippen LogP contribution is 2.33. The lowest BCUT2D eigenvalue weighted by Crippen LogP contribution is -2.40. The molecule has 106 valence electrons. The van der Waals surface area contributed by atoms with Crippen molar-refractivity contribution in [2.75, 3.05) is 38.8 Å². The van der Waals surface area contributed by atoms with Crippen molar-refractivity contribution in [3.8, 4) is 0 Å². The molecule has 1 aliphatic rings. The molecule has 1 saturated heterocycles. The van der Waals surface area contributed by atoms with Crippen LogP contribution in [0.15, 0.2) is 24.3 Å². The third-order valence-corrected chi connectivity index (χ3v) is 3.11. The highest BCUT2D eigenvalue weighted by atomic mass is 16.9. The second-order valence-electron chi connectivity index (χ2n) is 4.90. The van der Waals surface area contributed by atoms with E-state index in [1.807, 2.05) is 38.4 Å². The van der Waals surface area contributed by atoms with Gasteiger partial charge in [-0.05, 0) is 37.1 Å². The molecular formula is C15H23NO3. The highest BCUT2D eigenvalue weighted by Gasteiger charge is 2.38. The topological polar surface area (TPSA) is 30.9 Å². The molecule has 0 radical (unpaired) electrons. The van der Waals surface area contributed by atoms with Gasteiger partial charge >= 0.3 is 5.97 Å². The zero-order chi connectivity index (χ0) is 13.7. The van der Waals surface area contributed by atoms with E-state index in [-0.39, 0.29) is 0 Å². The fraction of sp³-hybridized carbons (Fsp3) is 0.600. The molecule has 1 aromatic carbocycles. The van der Waals surface area contributed by atoms with Crippen molar-refractivity contribution in [1.29, 1.82) is 0 Å². The number of rotatable bonds is 5. The van der Waals surface area contributed by atoms with Gasteiger partial charge in [-0.2, -0.15) is 0 Å². The molecule has 4 heteroatoms. The second-order valence-corrected chi connectivity index (χ2v) is 4.90. The Morgan fingerprint density at radius 3 is 2.32 bits per heavy atom. The van der Waals surface area contributed by atoms with Gasteiger partial charge in [0, 0.05) is 25.3 Å². The number of hydrogen-bond donors (Lipinski definition) is 0. The number of hydrogen-bond acceptors (Lipinski definition) is 4. The first-order chi connectivity index (χ1) is 9.18. The van der Waals surface area contributed by atoms with Gasteiger partial charge in [0.2, 0.25) is 0 Å². The van der Waals surface area contributed by atoms with Crippen LogP contribution in [0.1, 0.15) is 25.3 Å². The van der Waals surface area contributed by atoms with Gasteiger partial charge in [-0.1, -0.05) is 6.92 Å². The maximum atomic E-state index is 5.85. The van der Waals surface area contributed by atoms with Crippen molar-refractivity contribution in [1.82, 2.24) is 0 Å². The number of benzene rings is 1. The minimum absolute atomic E-state index is 0.620. The molecule has 1 aromatic rings. The summed E-state index contributed by atoms with van der Waals surface area (Å²) in [4.78, 5) is 2.06. The molecule has 19 heavy (non-hydrogen) atoms. The number of anilines is 1. The molecule has 1 heterocycles. The molecule has 2 rings (SSSR count). The van der Waals surface area contributed by atoms with Gasteiger partial charge in [-0.25, -0.2) is 0 Å². The summed E-state index contributed by atoms with van der Waals surface area (Å²) in [6, 6.07) is 8.12. The average Bonchev–Trinajstić information content (AvgIpc) is 2.46. The van der Waals surface area contributed by atoms with E-state index in [9.17, 15) is 0 Å². The van der Waals surface area contributed by atoms with Crippen molar-refractivity contribution in [3.63, 3.8) is 0 Å². The van der Waals surface area contributed by atoms with Crippen LogP contribution in [0.4, 0.5) is 5.69 Å². The Kier molecular flexibility index (Phi) is 4.80. The maximum Gasteiger partial charge on any atom is 0.311 e. The zero-order valence-corrected chi connectivity index (χ0v) is 12.0. The highest BCUT2D eigenvalue weighted by molar-refractivity contribution is 5.46. The standard InChI is InChI=1S/C15H23NO3/c1-4-10-17-15(18-11-5-12-19-15)13-6-8-14(9-7-13)16(2)3/h6-9H,4-5,10-12H2,1-3H3. The average molecular weight is 265 g/mol. The van der Waals surface area contributed by atoms with Crippen LogP contribution in [0.5, 0.6) is 0 Å². The van der Waals surface area contributed by atoms with Gasteiger partial charge < -0.3 is 19.1 Å². The van der Waals surface area contributed by atoms with Gasteiger partial charge in [-0.15, -0.1) is 0 Å². The summed E-state index contributed by atoms with van der Waals surface area (Å²) in [6.07, 6.45) is 1.84. The summed E-state index contributed by atoms with van der Waals surface area (Å²) in [6.45, 7) is 4.03. The molecular weight excluding hydrogens is 242 g/mol. The molecule has 0 aliphatic carbocycles. The first-order valence-corrected chi connectivity index (χ1v) is 6.87. The lowest BCUT2D eigenvalue weighted by atomic mass is 10.1. The van der Waals surface area contributed by atoms with Crippen LogP contribution in [-0.2, 0) is 20.2 Å². The van der Waals surface area contributed by atoms with E-state index in [4.69, 9.17) is 14.2 Å². The van der Waals surface area contributed by atoms with Gasteiger partial charge in [0.1, 0.15) is 0 Å². The molecule has 0 amide bonds. The normalized spacial score (nSPS) is 18.3. The fourth-order valence-corrected chi connectivity index (χ4v) is 2.05. The van der Waals surface area contributed by atoms with Crippen LogP contribution in [0.25, 0.3) is 0 Å². The van der Waals surface area contributed by atoms with Crippen molar-refractivity contribution in [2.45, 2.75) is 25.7 Å². The molecule has 4 nitrogen and oxygen atoms in total. The summed E-state index contributed by atoms with van der Waals surface area (Å²) < 4.78 is 17.4. The first kappa shape index (κ1) is 14.3. The largest absolute Gasteiger partial charge is 0.378 e. The Balaban J connectivity index is 2.21. The minimum atomic E-state index is -1.01. The Bertz CT molecular complexity index is 383. The van der Waals surface area contributed by atoms with E-state index < -0.39 is 5.97 Å². The molecule has 0 atom stereocenters. The summed E-state index contributed by atoms with van der Waals surface area (Å²) >= 11 is 0. The van der Waals surface area contributed by atoms with Crippen molar-refractivity contribution < 1.29 is 14.2 Å². The summed E-state index contributed by atoms with van der Waals surface area (Å²) in [7, 11) is 4.04. The van der Waals surface area contributed by atoms with Crippen molar-refractivity contribution in [3.05, 3.63) is 29.8 Å². The lowest BCUT2D eigenvalue weighted by Gasteiger charge is -2.36. The third kappa shape index (κ3) is 3.26. The number of nitrogens with zero attached hydrogens (tertiary/aromatic N) is 1. The van der Waals surface area contributed by atoms with Crippen LogP contribution in [0, 0.1) is 0 Å². The van der Waals surface area contributed by atoms with E-state index in [0.717, 1.165) is 24.1 Å². The molecule has 1 fully saturated rings. The molecule has 0 N–H and O–H groups in total. The van der Waals surface area contributed by atoms with E-state index in [0.29, 0.717) is 19.8 Å². The van der Waals surface area contributed by atoms with E-state index in [2.05, 4.69) is 11.8 Å². The lowest BCUT2D eigenvalue weighted by molar-refractivity contribution is -0.411. The smallest absolute Gasteiger partial charge is 0.311 e. The predicted molar refractivity (Wildman–Crippen MR) is 75.2 cm³/mol. The zero-order valence-electron chi connectivity index (χ0n) is 12.0. The van der Waals surface area contributed by atoms with Gasteiger partial charge in [0.25, 0.3) is 0 Å². The summed E-state index contributed by atoms with van der Waals surface area (Å²) in [5.41, 5.74) is 2.07. The summed E-state index contributed by atoms with van der Waals surface area (Å²) in [5.74, 6) is -1.01. The van der Waals surface area contributed by atoms with Gasteiger partial charge in [-0.3, -0.25) is 0 Å². The molecule has 0 saturated carbocycles. The van der Waals surface area contributed by atoms with Gasteiger partial charge in [0.15, 0.2) is 0 Å². The minimum Gasteiger partial charge on any atom is -0.378 e. The second kappa shape index (κ2) is 6.37. The molecule has 0 bridgehead atoms. The Labute approximate surface area is 115 Å². The summed E-state index contributed by atoms with van der Waals surface area (Å²) in [5, 5.41) is 0. The molecule has 0 aromatic heterocycles. The quantitative estimate of drug-likeness (QED) is 0.819. The van der Waals surface area contributed by atoms with Crippen LogP contribution in [0.2, 0.25) is 0 Å². The number of ether oxygens (including phenoxy) is 3. The fourth-order valence-electron chi connectivity index (χ4n) is 2.05. The predicted octanol–water partition coefficient (Wildman–Crippen LogP) is 2.73. The molecule has 1 aliphatic heterocycles. The van der Waals surface area contributed by atoms with Crippen LogP contribution < -0.4 is 4.90 Å². The third-order valence-electron chi connectivity index (χ3n) is 3.11. The molecule has 0 unspecified atom stereocenters. The van der Waals surface area contributed by atoms with Crippen LogP contribution in [-0.4, -0.2) is 33.9 Å². The first-order valence-electron chi connectivity index (χ1n) is 6.87. The Morgan fingerprint density at radius 2 is 1.79 bits per heavy atom. The SMILES string of the molecule is CCCOC1(c2ccc(N(C)C)cc2)OCCCO1. The molecule has 0 spiro atoms. The van der Waals surface area contributed by atoms with E-state index in [1.54, 1.807) is 0 Å². The maximum absolute atomic E-state index is 5.85. The van der Waals surface area contributed by atoms with Crippen molar-refractivity contribution >= 4 is 5.69 Å². The van der Waals surface area contributed by atoms with Crippen molar-refractivity contribution in [2.24, 2.45) is 0 Å².